The Morgan fingerprint density at radius 2 is 2.09 bits per heavy atom. The van der Waals surface area contributed by atoms with Crippen LogP contribution < -0.4 is 14.8 Å². The van der Waals surface area contributed by atoms with Crippen LogP contribution in [0.1, 0.15) is 30.9 Å². The van der Waals surface area contributed by atoms with Crippen LogP contribution >= 0.6 is 0 Å². The number of methoxy groups -OCH3 is 1. The second-order valence-corrected chi connectivity index (χ2v) is 8.26. The topological polar surface area (TPSA) is 67.4 Å². The van der Waals surface area contributed by atoms with Crippen LogP contribution in [0.3, 0.4) is 0 Å². The maximum Gasteiger partial charge on any atom is 0.244 e. The highest BCUT2D eigenvalue weighted by Gasteiger charge is 2.30. The lowest BCUT2D eigenvalue weighted by atomic mass is 9.83. The Balaban J connectivity index is 2.23. The number of nitrogens with one attached hydrogen (secondary N) is 2. The molecule has 22 heavy (non-hydrogen) atoms. The second kappa shape index (κ2) is 6.56. The van der Waals surface area contributed by atoms with Crippen LogP contribution in [-0.2, 0) is 10.0 Å². The van der Waals surface area contributed by atoms with E-state index in [4.69, 9.17) is 4.74 Å². The van der Waals surface area contributed by atoms with Crippen LogP contribution in [-0.4, -0.2) is 35.2 Å². The summed E-state index contributed by atoms with van der Waals surface area (Å²) < 4.78 is 33.4. The molecule has 0 radical (unpaired) electrons. The van der Waals surface area contributed by atoms with Crippen molar-refractivity contribution in [1.29, 1.82) is 0 Å². The molecule has 1 saturated heterocycles. The van der Waals surface area contributed by atoms with Gasteiger partial charge in [-0.25, -0.2) is 13.1 Å². The molecule has 1 fully saturated rings. The molecule has 1 aliphatic heterocycles. The minimum absolute atomic E-state index is 0.0442. The van der Waals surface area contributed by atoms with Crippen molar-refractivity contribution in [2.75, 3.05) is 26.7 Å². The van der Waals surface area contributed by atoms with Crippen molar-refractivity contribution < 1.29 is 13.2 Å². The monoisotopic (exact) mass is 326 g/mol. The second-order valence-electron chi connectivity index (χ2n) is 6.53. The molecule has 1 heterocycles. The predicted octanol–water partition coefficient (Wildman–Crippen LogP) is 1.98. The Labute approximate surface area is 133 Å². The first kappa shape index (κ1) is 17.2. The molecular formula is C16H26N2O3S. The van der Waals surface area contributed by atoms with Crippen molar-refractivity contribution in [2.24, 2.45) is 5.41 Å². The van der Waals surface area contributed by atoms with Crippen LogP contribution in [0.4, 0.5) is 0 Å². The number of aryl methyl sites for hydroxylation is 2. The molecule has 2 rings (SSSR count). The Bertz CT molecular complexity index is 635. The minimum atomic E-state index is -3.59. The van der Waals surface area contributed by atoms with Crippen molar-refractivity contribution in [2.45, 2.75) is 38.5 Å². The number of sulfonamides is 1. The standard InChI is InChI=1S/C16H26N2O3S/c1-12-8-13(2)15(21-4)14(9-12)22(19,20)18-11-16(3)6-5-7-17-10-16/h8-9,17-18H,5-7,10-11H2,1-4H3. The summed E-state index contributed by atoms with van der Waals surface area (Å²) in [7, 11) is -2.09. The highest BCUT2D eigenvalue weighted by molar-refractivity contribution is 7.89. The van der Waals surface area contributed by atoms with Crippen molar-refractivity contribution in [3.8, 4) is 5.75 Å². The SMILES string of the molecule is COc1c(C)cc(C)cc1S(=O)(=O)NCC1(C)CCCNC1. The van der Waals surface area contributed by atoms with E-state index in [2.05, 4.69) is 17.0 Å². The molecule has 5 nitrogen and oxygen atoms in total. The van der Waals surface area contributed by atoms with E-state index < -0.39 is 10.0 Å². The van der Waals surface area contributed by atoms with Crippen LogP contribution in [0.25, 0.3) is 0 Å². The molecule has 1 aromatic rings. The molecule has 0 saturated carbocycles. The maximum atomic E-state index is 12.7. The molecule has 0 spiro atoms. The Morgan fingerprint density at radius 3 is 2.68 bits per heavy atom. The van der Waals surface area contributed by atoms with E-state index in [0.717, 1.165) is 37.1 Å². The third-order valence-electron chi connectivity index (χ3n) is 4.25. The van der Waals surface area contributed by atoms with Gasteiger partial charge in [0.1, 0.15) is 10.6 Å². The van der Waals surface area contributed by atoms with Gasteiger partial charge < -0.3 is 10.1 Å². The van der Waals surface area contributed by atoms with E-state index >= 15 is 0 Å². The number of hydrogen-bond donors (Lipinski definition) is 2. The van der Waals surface area contributed by atoms with E-state index in [1.807, 2.05) is 19.9 Å². The molecule has 1 aliphatic rings. The van der Waals surface area contributed by atoms with Gasteiger partial charge in [-0.3, -0.25) is 0 Å². The first-order valence-corrected chi connectivity index (χ1v) is 9.11. The van der Waals surface area contributed by atoms with Gasteiger partial charge in [-0.1, -0.05) is 13.0 Å². The summed E-state index contributed by atoms with van der Waals surface area (Å²) in [6.07, 6.45) is 2.09. The van der Waals surface area contributed by atoms with Crippen molar-refractivity contribution in [3.63, 3.8) is 0 Å². The molecule has 124 valence electrons. The summed E-state index contributed by atoms with van der Waals surface area (Å²) in [5, 5.41) is 3.33. The lowest BCUT2D eigenvalue weighted by Gasteiger charge is -2.34. The van der Waals surface area contributed by atoms with Gasteiger partial charge in [0.2, 0.25) is 10.0 Å². The lowest BCUT2D eigenvalue weighted by Crippen LogP contribution is -2.45. The van der Waals surface area contributed by atoms with Gasteiger partial charge in [0.15, 0.2) is 0 Å². The summed E-state index contributed by atoms with van der Waals surface area (Å²) in [6, 6.07) is 3.58. The fourth-order valence-electron chi connectivity index (χ4n) is 2.99. The summed E-state index contributed by atoms with van der Waals surface area (Å²) in [5.74, 6) is 0.421. The quantitative estimate of drug-likeness (QED) is 0.868. The molecule has 0 aromatic heterocycles. The fourth-order valence-corrected chi connectivity index (χ4v) is 4.52. The Kier molecular flexibility index (Phi) is 5.14. The molecule has 0 amide bonds. The van der Waals surface area contributed by atoms with Gasteiger partial charge in [0.25, 0.3) is 0 Å². The zero-order valence-corrected chi connectivity index (χ0v) is 14.6. The van der Waals surface area contributed by atoms with Crippen LogP contribution in [0.2, 0.25) is 0 Å². The average molecular weight is 326 g/mol. The maximum absolute atomic E-state index is 12.7. The molecule has 0 aliphatic carbocycles. The van der Waals surface area contributed by atoms with E-state index in [9.17, 15) is 8.42 Å². The van der Waals surface area contributed by atoms with Crippen molar-refractivity contribution in [3.05, 3.63) is 23.3 Å². The predicted molar refractivity (Wildman–Crippen MR) is 87.9 cm³/mol. The molecule has 6 heteroatoms. The number of piperidine rings is 1. The van der Waals surface area contributed by atoms with Crippen molar-refractivity contribution in [1.82, 2.24) is 10.0 Å². The van der Waals surface area contributed by atoms with Crippen LogP contribution in [0.15, 0.2) is 17.0 Å². The molecule has 1 atom stereocenters. The Morgan fingerprint density at radius 1 is 1.36 bits per heavy atom. The van der Waals surface area contributed by atoms with E-state index in [-0.39, 0.29) is 10.3 Å². The lowest BCUT2D eigenvalue weighted by molar-refractivity contribution is 0.238. The summed E-state index contributed by atoms with van der Waals surface area (Å²) in [5.41, 5.74) is 1.69. The van der Waals surface area contributed by atoms with E-state index in [1.54, 1.807) is 6.07 Å². The summed E-state index contributed by atoms with van der Waals surface area (Å²) in [4.78, 5) is 0.222. The molecule has 1 unspecified atom stereocenters. The zero-order chi connectivity index (χ0) is 16.4. The number of ether oxygens (including phenoxy) is 1. The van der Waals surface area contributed by atoms with Crippen LogP contribution in [0.5, 0.6) is 5.75 Å². The first-order valence-electron chi connectivity index (χ1n) is 7.63. The van der Waals surface area contributed by atoms with Crippen molar-refractivity contribution >= 4 is 10.0 Å². The molecular weight excluding hydrogens is 300 g/mol. The van der Waals surface area contributed by atoms with Gasteiger partial charge in [0.05, 0.1) is 7.11 Å². The van der Waals surface area contributed by atoms with Gasteiger partial charge in [-0.15, -0.1) is 0 Å². The number of benzene rings is 1. The summed E-state index contributed by atoms with van der Waals surface area (Å²) in [6.45, 7) is 8.13. The normalized spacial score (nSPS) is 22.5. The summed E-state index contributed by atoms with van der Waals surface area (Å²) >= 11 is 0. The largest absolute Gasteiger partial charge is 0.495 e. The molecule has 1 aromatic carbocycles. The van der Waals surface area contributed by atoms with Crippen LogP contribution in [0, 0.1) is 19.3 Å². The third-order valence-corrected chi connectivity index (χ3v) is 5.66. The molecule has 0 bridgehead atoms. The highest BCUT2D eigenvalue weighted by Crippen LogP contribution is 2.30. The Hall–Kier alpha value is -1.11. The first-order chi connectivity index (χ1) is 10.3. The van der Waals surface area contributed by atoms with Gasteiger partial charge in [-0.05, 0) is 55.8 Å². The third kappa shape index (κ3) is 3.80. The molecule has 2 N–H and O–H groups in total. The highest BCUT2D eigenvalue weighted by atomic mass is 32.2. The number of hydrogen-bond acceptors (Lipinski definition) is 4. The van der Waals surface area contributed by atoms with Gasteiger partial charge in [-0.2, -0.15) is 0 Å². The average Bonchev–Trinajstić information content (AvgIpc) is 2.45. The van der Waals surface area contributed by atoms with E-state index in [1.165, 1.54) is 7.11 Å². The van der Waals surface area contributed by atoms with Gasteiger partial charge >= 0.3 is 0 Å². The minimum Gasteiger partial charge on any atom is -0.495 e. The fraction of sp³-hybridized carbons (Fsp3) is 0.625. The van der Waals surface area contributed by atoms with E-state index in [0.29, 0.717) is 12.3 Å². The number of rotatable bonds is 5. The van der Waals surface area contributed by atoms with Gasteiger partial charge in [0, 0.05) is 13.1 Å². The smallest absolute Gasteiger partial charge is 0.244 e. The zero-order valence-electron chi connectivity index (χ0n) is 13.8.